The topological polar surface area (TPSA) is 56.2 Å². The molecule has 0 bridgehead atoms. The highest BCUT2D eigenvalue weighted by molar-refractivity contribution is 5.81. The molecule has 2 aromatic carbocycles. The molecular formula is C19H21N3O2. The van der Waals surface area contributed by atoms with Gasteiger partial charge in [0.15, 0.2) is 0 Å². The van der Waals surface area contributed by atoms with Gasteiger partial charge in [-0.3, -0.25) is 9.36 Å². The third-order valence-electron chi connectivity index (χ3n) is 4.28. The van der Waals surface area contributed by atoms with Crippen molar-refractivity contribution in [2.24, 2.45) is 0 Å². The van der Waals surface area contributed by atoms with Crippen LogP contribution in [-0.2, 0) is 0 Å². The van der Waals surface area contributed by atoms with Crippen LogP contribution in [0.3, 0.4) is 0 Å². The lowest BCUT2D eigenvalue weighted by Gasteiger charge is -2.18. The van der Waals surface area contributed by atoms with Gasteiger partial charge in [-0.05, 0) is 56.8 Å². The van der Waals surface area contributed by atoms with E-state index in [2.05, 4.69) is 5.32 Å². The van der Waals surface area contributed by atoms with E-state index < -0.39 is 0 Å². The monoisotopic (exact) mass is 323 g/mol. The van der Waals surface area contributed by atoms with Crippen molar-refractivity contribution in [2.45, 2.75) is 19.9 Å². The summed E-state index contributed by atoms with van der Waals surface area (Å²) < 4.78 is 6.88. The van der Waals surface area contributed by atoms with Crippen LogP contribution in [0.1, 0.15) is 24.4 Å². The minimum Gasteiger partial charge on any atom is -0.497 e. The minimum absolute atomic E-state index is 0.0552. The summed E-state index contributed by atoms with van der Waals surface area (Å²) in [7, 11) is 3.48. The lowest BCUT2D eigenvalue weighted by molar-refractivity contribution is 0.414. The van der Waals surface area contributed by atoms with Crippen LogP contribution >= 0.6 is 0 Å². The first-order chi connectivity index (χ1) is 11.6. The molecule has 0 radical (unpaired) electrons. The van der Waals surface area contributed by atoms with Crippen LogP contribution < -0.4 is 15.6 Å². The molecule has 1 N–H and O–H groups in total. The molecule has 0 saturated heterocycles. The number of hydrogen-bond acceptors (Lipinski definition) is 4. The van der Waals surface area contributed by atoms with Crippen molar-refractivity contribution in [1.82, 2.24) is 14.9 Å². The van der Waals surface area contributed by atoms with Crippen molar-refractivity contribution < 1.29 is 4.74 Å². The predicted molar refractivity (Wildman–Crippen MR) is 96.1 cm³/mol. The number of rotatable bonds is 4. The SMILES string of the molecule is CNC(C)c1nc2cccc(C)c2c(=O)n1-c1ccc(OC)cc1. The van der Waals surface area contributed by atoms with Crippen molar-refractivity contribution in [3.63, 3.8) is 0 Å². The fourth-order valence-corrected chi connectivity index (χ4v) is 2.81. The first kappa shape index (κ1) is 16.2. The number of nitrogens with one attached hydrogen (secondary N) is 1. The van der Waals surface area contributed by atoms with E-state index >= 15 is 0 Å². The van der Waals surface area contributed by atoms with E-state index in [9.17, 15) is 4.79 Å². The first-order valence-corrected chi connectivity index (χ1v) is 7.90. The molecule has 0 fully saturated rings. The summed E-state index contributed by atoms with van der Waals surface area (Å²) in [6, 6.07) is 13.1. The lowest BCUT2D eigenvalue weighted by Crippen LogP contribution is -2.29. The Labute approximate surface area is 140 Å². The molecule has 124 valence electrons. The number of aryl methyl sites for hydroxylation is 1. The molecule has 0 saturated carbocycles. The van der Waals surface area contributed by atoms with Gasteiger partial charge in [-0.2, -0.15) is 0 Å². The number of ether oxygens (including phenoxy) is 1. The van der Waals surface area contributed by atoms with E-state index in [0.717, 1.165) is 22.5 Å². The van der Waals surface area contributed by atoms with Crippen molar-refractivity contribution >= 4 is 10.9 Å². The van der Waals surface area contributed by atoms with Crippen LogP contribution in [0.4, 0.5) is 0 Å². The van der Waals surface area contributed by atoms with Gasteiger partial charge in [0, 0.05) is 0 Å². The number of aromatic nitrogens is 2. The minimum atomic E-state index is -0.0651. The third kappa shape index (κ3) is 2.67. The van der Waals surface area contributed by atoms with Crippen LogP contribution in [0.5, 0.6) is 5.75 Å². The van der Waals surface area contributed by atoms with Crippen molar-refractivity contribution in [1.29, 1.82) is 0 Å². The summed E-state index contributed by atoms with van der Waals surface area (Å²) in [5.74, 6) is 1.44. The van der Waals surface area contributed by atoms with Gasteiger partial charge >= 0.3 is 0 Å². The maximum Gasteiger partial charge on any atom is 0.266 e. The average Bonchev–Trinajstić information content (AvgIpc) is 2.61. The summed E-state index contributed by atoms with van der Waals surface area (Å²) in [6.07, 6.45) is 0. The van der Waals surface area contributed by atoms with Crippen molar-refractivity contribution in [2.75, 3.05) is 14.2 Å². The predicted octanol–water partition coefficient (Wildman–Crippen LogP) is 2.98. The second-order valence-corrected chi connectivity index (χ2v) is 5.79. The molecule has 0 amide bonds. The second kappa shape index (κ2) is 6.45. The number of nitrogens with zero attached hydrogens (tertiary/aromatic N) is 2. The average molecular weight is 323 g/mol. The van der Waals surface area contributed by atoms with Gasteiger partial charge in [0.05, 0.1) is 29.7 Å². The fourth-order valence-electron chi connectivity index (χ4n) is 2.81. The zero-order valence-corrected chi connectivity index (χ0v) is 14.3. The van der Waals surface area contributed by atoms with Crippen molar-refractivity contribution in [3.8, 4) is 11.4 Å². The molecule has 1 unspecified atom stereocenters. The van der Waals surface area contributed by atoms with Gasteiger partial charge in [-0.25, -0.2) is 4.98 Å². The maximum absolute atomic E-state index is 13.2. The second-order valence-electron chi connectivity index (χ2n) is 5.79. The van der Waals surface area contributed by atoms with E-state index in [-0.39, 0.29) is 11.6 Å². The first-order valence-electron chi connectivity index (χ1n) is 7.90. The molecule has 0 aliphatic rings. The van der Waals surface area contributed by atoms with Gasteiger partial charge in [-0.15, -0.1) is 0 Å². The number of hydrogen-bond donors (Lipinski definition) is 1. The molecule has 5 heteroatoms. The highest BCUT2D eigenvalue weighted by Crippen LogP contribution is 2.21. The van der Waals surface area contributed by atoms with Crippen LogP contribution in [0, 0.1) is 6.92 Å². The van der Waals surface area contributed by atoms with Crippen LogP contribution in [0.25, 0.3) is 16.6 Å². The molecule has 5 nitrogen and oxygen atoms in total. The standard InChI is InChI=1S/C19H21N3O2/c1-12-6-5-7-16-17(12)19(23)22(18(21-16)13(2)20-3)14-8-10-15(24-4)11-9-14/h5-11,13,20H,1-4H3. The molecular weight excluding hydrogens is 302 g/mol. The Balaban J connectivity index is 2.36. The number of methoxy groups -OCH3 is 1. The lowest BCUT2D eigenvalue weighted by atomic mass is 10.1. The maximum atomic E-state index is 13.2. The normalized spacial score (nSPS) is 12.3. The third-order valence-corrected chi connectivity index (χ3v) is 4.28. The van der Waals surface area contributed by atoms with Gasteiger partial charge in [0.2, 0.25) is 0 Å². The molecule has 3 aromatic rings. The summed E-state index contributed by atoms with van der Waals surface area (Å²) in [6.45, 7) is 3.92. The zero-order chi connectivity index (χ0) is 17.3. The summed E-state index contributed by atoms with van der Waals surface area (Å²) in [5.41, 5.74) is 2.37. The molecule has 0 aliphatic heterocycles. The Kier molecular flexibility index (Phi) is 4.36. The Hall–Kier alpha value is -2.66. The zero-order valence-electron chi connectivity index (χ0n) is 14.3. The molecule has 24 heavy (non-hydrogen) atoms. The van der Waals surface area contributed by atoms with Gasteiger partial charge in [0.1, 0.15) is 11.6 Å². The number of fused-ring (bicyclic) bond motifs is 1. The van der Waals surface area contributed by atoms with E-state index in [4.69, 9.17) is 9.72 Å². The molecule has 3 rings (SSSR count). The van der Waals surface area contributed by atoms with Crippen LogP contribution in [-0.4, -0.2) is 23.7 Å². The van der Waals surface area contributed by atoms with Crippen LogP contribution in [0.15, 0.2) is 47.3 Å². The largest absolute Gasteiger partial charge is 0.497 e. The Morgan fingerprint density at radius 3 is 2.50 bits per heavy atom. The van der Waals surface area contributed by atoms with E-state index in [1.54, 1.807) is 11.7 Å². The Morgan fingerprint density at radius 1 is 1.17 bits per heavy atom. The molecule has 0 aliphatic carbocycles. The Bertz CT molecular complexity index is 930. The fraction of sp³-hybridized carbons (Fsp3) is 0.263. The van der Waals surface area contributed by atoms with E-state index in [0.29, 0.717) is 11.2 Å². The molecule has 1 heterocycles. The quantitative estimate of drug-likeness (QED) is 0.802. The summed E-state index contributed by atoms with van der Waals surface area (Å²) in [4.78, 5) is 18.0. The van der Waals surface area contributed by atoms with Crippen LogP contribution in [0.2, 0.25) is 0 Å². The highest BCUT2D eigenvalue weighted by Gasteiger charge is 2.17. The van der Waals surface area contributed by atoms with Crippen molar-refractivity contribution in [3.05, 3.63) is 64.2 Å². The summed E-state index contributed by atoms with van der Waals surface area (Å²) >= 11 is 0. The van der Waals surface area contributed by atoms with E-state index in [1.807, 2.05) is 63.4 Å². The van der Waals surface area contributed by atoms with Gasteiger partial charge < -0.3 is 10.1 Å². The van der Waals surface area contributed by atoms with Gasteiger partial charge in [-0.1, -0.05) is 12.1 Å². The smallest absolute Gasteiger partial charge is 0.266 e. The molecule has 1 atom stereocenters. The highest BCUT2D eigenvalue weighted by atomic mass is 16.5. The Morgan fingerprint density at radius 2 is 1.88 bits per heavy atom. The molecule has 1 aromatic heterocycles. The summed E-state index contributed by atoms with van der Waals surface area (Å²) in [5, 5.41) is 3.83. The van der Waals surface area contributed by atoms with E-state index in [1.165, 1.54) is 0 Å². The van der Waals surface area contributed by atoms with Gasteiger partial charge in [0.25, 0.3) is 5.56 Å². The molecule has 0 spiro atoms. The number of benzene rings is 2.